The number of non-ortho nitro benzene ring substituents is 1. The van der Waals surface area contributed by atoms with Gasteiger partial charge >= 0.3 is 0 Å². The second kappa shape index (κ2) is 6.70. The summed E-state index contributed by atoms with van der Waals surface area (Å²) in [6.45, 7) is 2.68. The average molecular weight is 305 g/mol. The molecule has 0 unspecified atom stereocenters. The van der Waals surface area contributed by atoms with Crippen molar-refractivity contribution in [3.63, 3.8) is 0 Å². The van der Waals surface area contributed by atoms with Crippen molar-refractivity contribution in [1.29, 1.82) is 0 Å². The lowest BCUT2D eigenvalue weighted by molar-refractivity contribution is -0.385. The van der Waals surface area contributed by atoms with Crippen molar-refractivity contribution < 1.29 is 4.92 Å². The number of halogens is 1. The van der Waals surface area contributed by atoms with Gasteiger partial charge in [0.05, 0.1) is 4.92 Å². The van der Waals surface area contributed by atoms with Gasteiger partial charge in [-0.3, -0.25) is 15.0 Å². The van der Waals surface area contributed by atoms with Gasteiger partial charge in [0.25, 0.3) is 5.69 Å². The number of nitro benzene ring substituents is 1. The van der Waals surface area contributed by atoms with Crippen LogP contribution in [-0.2, 0) is 19.5 Å². The van der Waals surface area contributed by atoms with Crippen molar-refractivity contribution in [2.75, 3.05) is 6.54 Å². The molecule has 0 spiro atoms. The van der Waals surface area contributed by atoms with Gasteiger partial charge in [0.1, 0.15) is 0 Å². The van der Waals surface area contributed by atoms with Crippen molar-refractivity contribution in [1.82, 2.24) is 4.90 Å². The second-order valence-corrected chi connectivity index (χ2v) is 5.16. The fourth-order valence-electron chi connectivity index (χ4n) is 2.69. The summed E-state index contributed by atoms with van der Waals surface area (Å²) in [6.07, 6.45) is 0.958. The van der Waals surface area contributed by atoms with Gasteiger partial charge in [-0.15, -0.1) is 12.4 Å². The molecule has 1 heterocycles. The van der Waals surface area contributed by atoms with Gasteiger partial charge in [0, 0.05) is 31.8 Å². The van der Waals surface area contributed by atoms with Crippen LogP contribution in [0.2, 0.25) is 0 Å². The van der Waals surface area contributed by atoms with Crippen molar-refractivity contribution in [2.24, 2.45) is 0 Å². The first-order valence-corrected chi connectivity index (χ1v) is 6.75. The Labute approximate surface area is 130 Å². The zero-order valence-electron chi connectivity index (χ0n) is 11.6. The zero-order valence-corrected chi connectivity index (χ0v) is 12.4. The predicted molar refractivity (Wildman–Crippen MR) is 84.6 cm³/mol. The van der Waals surface area contributed by atoms with Crippen LogP contribution in [0.25, 0.3) is 0 Å². The van der Waals surface area contributed by atoms with Crippen LogP contribution in [0.3, 0.4) is 0 Å². The van der Waals surface area contributed by atoms with Crippen molar-refractivity contribution >= 4 is 18.1 Å². The number of fused-ring (bicyclic) bond motifs is 1. The fourth-order valence-corrected chi connectivity index (χ4v) is 2.69. The van der Waals surface area contributed by atoms with E-state index in [9.17, 15) is 10.1 Å². The van der Waals surface area contributed by atoms with E-state index < -0.39 is 0 Å². The van der Waals surface area contributed by atoms with Gasteiger partial charge in [-0.05, 0) is 23.1 Å². The molecule has 0 radical (unpaired) electrons. The summed E-state index contributed by atoms with van der Waals surface area (Å²) in [5, 5.41) is 10.9. The first-order valence-electron chi connectivity index (χ1n) is 6.75. The van der Waals surface area contributed by atoms with Gasteiger partial charge < -0.3 is 0 Å². The summed E-state index contributed by atoms with van der Waals surface area (Å²) in [5.41, 5.74) is 3.79. The molecule has 1 aliphatic heterocycles. The van der Waals surface area contributed by atoms with Gasteiger partial charge in [-0.2, -0.15) is 0 Å². The summed E-state index contributed by atoms with van der Waals surface area (Å²) < 4.78 is 0. The summed E-state index contributed by atoms with van der Waals surface area (Å²) in [4.78, 5) is 12.9. The first kappa shape index (κ1) is 15.5. The van der Waals surface area contributed by atoms with E-state index in [0.717, 1.165) is 31.6 Å². The summed E-state index contributed by atoms with van der Waals surface area (Å²) in [6, 6.07) is 15.5. The summed E-state index contributed by atoms with van der Waals surface area (Å²) >= 11 is 0. The van der Waals surface area contributed by atoms with Gasteiger partial charge in [0.2, 0.25) is 0 Å². The molecule has 2 aromatic rings. The standard InChI is InChI=1S/C16H16N2O2.ClH/c19-18(20)16-7-6-14-8-9-17(12-15(14)10-16)11-13-4-2-1-3-5-13;/h1-7,10H,8-9,11-12H2;1H. The SMILES string of the molecule is Cl.O=[N+]([O-])c1ccc2c(c1)CN(Cc1ccccc1)CC2. The Hall–Kier alpha value is -1.91. The zero-order chi connectivity index (χ0) is 13.9. The van der Waals surface area contributed by atoms with E-state index in [1.807, 2.05) is 24.3 Å². The lowest BCUT2D eigenvalue weighted by Gasteiger charge is -2.28. The lowest BCUT2D eigenvalue weighted by Crippen LogP contribution is -2.30. The van der Waals surface area contributed by atoms with Gasteiger partial charge in [-0.25, -0.2) is 0 Å². The lowest BCUT2D eigenvalue weighted by atomic mass is 9.98. The monoisotopic (exact) mass is 304 g/mol. The highest BCUT2D eigenvalue weighted by Crippen LogP contribution is 2.24. The van der Waals surface area contributed by atoms with Crippen LogP contribution >= 0.6 is 12.4 Å². The van der Waals surface area contributed by atoms with E-state index in [2.05, 4.69) is 17.0 Å². The Balaban J connectivity index is 0.00000161. The minimum absolute atomic E-state index is 0. The minimum Gasteiger partial charge on any atom is -0.294 e. The molecule has 0 N–H and O–H groups in total. The van der Waals surface area contributed by atoms with Crippen LogP contribution in [0.5, 0.6) is 0 Å². The van der Waals surface area contributed by atoms with E-state index in [1.54, 1.807) is 12.1 Å². The second-order valence-electron chi connectivity index (χ2n) is 5.16. The molecular formula is C16H17ClN2O2. The molecule has 0 aliphatic carbocycles. The Morgan fingerprint density at radius 3 is 2.57 bits per heavy atom. The molecule has 0 saturated carbocycles. The highest BCUT2D eigenvalue weighted by Gasteiger charge is 2.18. The summed E-state index contributed by atoms with van der Waals surface area (Å²) in [7, 11) is 0. The van der Waals surface area contributed by atoms with Crippen LogP contribution in [0.15, 0.2) is 48.5 Å². The number of nitrogens with zero attached hydrogens (tertiary/aromatic N) is 2. The third-order valence-corrected chi connectivity index (χ3v) is 3.74. The van der Waals surface area contributed by atoms with E-state index in [0.29, 0.717) is 0 Å². The van der Waals surface area contributed by atoms with Crippen LogP contribution in [0.1, 0.15) is 16.7 Å². The molecule has 0 saturated heterocycles. The number of hydrogen-bond donors (Lipinski definition) is 0. The van der Waals surface area contributed by atoms with E-state index >= 15 is 0 Å². The van der Waals surface area contributed by atoms with E-state index in [4.69, 9.17) is 0 Å². The maximum Gasteiger partial charge on any atom is 0.269 e. The van der Waals surface area contributed by atoms with Crippen LogP contribution in [0, 0.1) is 10.1 Å². The van der Waals surface area contributed by atoms with Crippen LogP contribution < -0.4 is 0 Å². The number of hydrogen-bond acceptors (Lipinski definition) is 3. The molecule has 4 nitrogen and oxygen atoms in total. The largest absolute Gasteiger partial charge is 0.294 e. The third kappa shape index (κ3) is 3.60. The van der Waals surface area contributed by atoms with Crippen LogP contribution in [0.4, 0.5) is 5.69 Å². The maximum atomic E-state index is 10.9. The number of nitro groups is 1. The number of benzene rings is 2. The van der Waals surface area contributed by atoms with Crippen molar-refractivity contribution in [3.8, 4) is 0 Å². The molecule has 110 valence electrons. The van der Waals surface area contributed by atoms with Crippen molar-refractivity contribution in [2.45, 2.75) is 19.5 Å². The van der Waals surface area contributed by atoms with Crippen molar-refractivity contribution in [3.05, 3.63) is 75.3 Å². The quantitative estimate of drug-likeness (QED) is 0.643. The normalized spacial score (nSPS) is 14.1. The molecule has 0 fully saturated rings. The fraction of sp³-hybridized carbons (Fsp3) is 0.250. The molecule has 2 aromatic carbocycles. The Morgan fingerprint density at radius 2 is 1.86 bits per heavy atom. The highest BCUT2D eigenvalue weighted by atomic mass is 35.5. The Bertz CT molecular complexity index is 631. The highest BCUT2D eigenvalue weighted by molar-refractivity contribution is 5.85. The van der Waals surface area contributed by atoms with Gasteiger partial charge in [-0.1, -0.05) is 36.4 Å². The summed E-state index contributed by atoms with van der Waals surface area (Å²) in [5.74, 6) is 0. The molecule has 0 amide bonds. The smallest absolute Gasteiger partial charge is 0.269 e. The molecule has 21 heavy (non-hydrogen) atoms. The molecule has 1 aliphatic rings. The average Bonchev–Trinajstić information content (AvgIpc) is 2.47. The maximum absolute atomic E-state index is 10.9. The molecular weight excluding hydrogens is 288 g/mol. The molecule has 0 atom stereocenters. The van der Waals surface area contributed by atoms with E-state index in [1.165, 1.54) is 11.1 Å². The van der Waals surface area contributed by atoms with Gasteiger partial charge in [0.15, 0.2) is 0 Å². The Morgan fingerprint density at radius 1 is 1.10 bits per heavy atom. The third-order valence-electron chi connectivity index (χ3n) is 3.74. The van der Waals surface area contributed by atoms with Crippen LogP contribution in [-0.4, -0.2) is 16.4 Å². The molecule has 3 rings (SSSR count). The number of rotatable bonds is 3. The molecule has 5 heteroatoms. The Kier molecular flexibility index (Phi) is 4.94. The van der Waals surface area contributed by atoms with E-state index in [-0.39, 0.29) is 23.0 Å². The first-order chi connectivity index (χ1) is 9.72. The molecule has 0 bridgehead atoms. The minimum atomic E-state index is -0.323. The predicted octanol–water partition coefficient (Wildman–Crippen LogP) is 3.57. The topological polar surface area (TPSA) is 46.4 Å². The molecule has 0 aromatic heterocycles.